The molecule has 126 valence electrons. The van der Waals surface area contributed by atoms with E-state index in [4.69, 9.17) is 15.2 Å². The molecule has 0 spiro atoms. The molecule has 0 amide bonds. The second-order valence-electron chi connectivity index (χ2n) is 6.33. The Morgan fingerprint density at radius 2 is 1.68 bits per heavy atom. The van der Waals surface area contributed by atoms with Gasteiger partial charge < -0.3 is 15.2 Å². The van der Waals surface area contributed by atoms with Crippen LogP contribution in [0.25, 0.3) is 22.4 Å². The number of nitrogens with zero attached hydrogens (tertiary/aromatic N) is 2. The molecule has 25 heavy (non-hydrogen) atoms. The predicted molar refractivity (Wildman–Crippen MR) is 97.7 cm³/mol. The Morgan fingerprint density at radius 1 is 0.960 bits per heavy atom. The van der Waals surface area contributed by atoms with Crippen LogP contribution in [0, 0.1) is 20.8 Å². The van der Waals surface area contributed by atoms with Crippen molar-refractivity contribution in [3.63, 3.8) is 0 Å². The molecule has 3 aromatic rings. The Kier molecular flexibility index (Phi) is 3.57. The van der Waals surface area contributed by atoms with Crippen molar-refractivity contribution < 1.29 is 9.47 Å². The van der Waals surface area contributed by atoms with Gasteiger partial charge >= 0.3 is 0 Å². The molecule has 5 heteroatoms. The van der Waals surface area contributed by atoms with Crippen molar-refractivity contribution in [2.75, 3.05) is 12.5 Å². The summed E-state index contributed by atoms with van der Waals surface area (Å²) in [7, 11) is 0. The smallest absolute Gasteiger partial charge is 0.231 e. The lowest BCUT2D eigenvalue weighted by atomic mass is 9.93. The molecule has 0 atom stereocenters. The minimum absolute atomic E-state index is 0.250. The highest BCUT2D eigenvalue weighted by molar-refractivity contribution is 5.84. The van der Waals surface area contributed by atoms with Gasteiger partial charge in [-0.15, -0.1) is 0 Å². The molecule has 2 heterocycles. The van der Waals surface area contributed by atoms with Crippen molar-refractivity contribution in [2.24, 2.45) is 0 Å². The second kappa shape index (κ2) is 5.77. The summed E-state index contributed by atoms with van der Waals surface area (Å²) in [5.41, 5.74) is 13.3. The van der Waals surface area contributed by atoms with Crippen LogP contribution in [0.5, 0.6) is 11.5 Å². The zero-order chi connectivity index (χ0) is 17.6. The third-order valence-electron chi connectivity index (χ3n) is 4.40. The van der Waals surface area contributed by atoms with E-state index < -0.39 is 0 Å². The van der Waals surface area contributed by atoms with Crippen LogP contribution < -0.4 is 15.2 Å². The van der Waals surface area contributed by atoms with Gasteiger partial charge in [-0.05, 0) is 49.6 Å². The Hall–Kier alpha value is -3.08. The van der Waals surface area contributed by atoms with Crippen LogP contribution in [0.1, 0.15) is 16.7 Å². The minimum Gasteiger partial charge on any atom is -0.454 e. The quantitative estimate of drug-likeness (QED) is 0.766. The van der Waals surface area contributed by atoms with Crippen LogP contribution >= 0.6 is 0 Å². The highest BCUT2D eigenvalue weighted by atomic mass is 16.7. The molecule has 0 aliphatic carbocycles. The summed E-state index contributed by atoms with van der Waals surface area (Å²) in [5.74, 6) is 1.75. The van der Waals surface area contributed by atoms with Crippen LogP contribution in [0.15, 0.2) is 36.5 Å². The number of hydrogen-bond donors (Lipinski definition) is 1. The monoisotopic (exact) mass is 333 g/mol. The summed E-state index contributed by atoms with van der Waals surface area (Å²) in [5, 5.41) is 0. The van der Waals surface area contributed by atoms with Crippen molar-refractivity contribution in [3.05, 3.63) is 53.2 Å². The fraction of sp³-hybridized carbons (Fsp3) is 0.200. The van der Waals surface area contributed by atoms with Crippen molar-refractivity contribution >= 4 is 5.95 Å². The summed E-state index contributed by atoms with van der Waals surface area (Å²) >= 11 is 0. The lowest BCUT2D eigenvalue weighted by Crippen LogP contribution is -2.01. The maximum atomic E-state index is 5.90. The molecule has 2 N–H and O–H groups in total. The van der Waals surface area contributed by atoms with Crippen molar-refractivity contribution in [3.8, 4) is 33.9 Å². The molecule has 1 aliphatic rings. The van der Waals surface area contributed by atoms with Crippen molar-refractivity contribution in [1.29, 1.82) is 0 Å². The van der Waals surface area contributed by atoms with E-state index >= 15 is 0 Å². The number of anilines is 1. The standard InChI is InChI=1S/C20H19N3O2/c1-11-6-12(2)18(13(3)7-11)19-15(9-22-20(21)23-19)14-4-5-16-17(8-14)25-10-24-16/h4-9H,10H2,1-3H3,(H2,21,22,23). The van der Waals surface area contributed by atoms with Crippen LogP contribution in [-0.4, -0.2) is 16.8 Å². The SMILES string of the molecule is Cc1cc(C)c(-c2nc(N)ncc2-c2ccc3c(c2)OCO3)c(C)c1. The summed E-state index contributed by atoms with van der Waals surface area (Å²) < 4.78 is 10.9. The zero-order valence-electron chi connectivity index (χ0n) is 14.5. The van der Waals surface area contributed by atoms with Gasteiger partial charge in [0.2, 0.25) is 12.7 Å². The first-order valence-electron chi connectivity index (χ1n) is 8.13. The number of aryl methyl sites for hydroxylation is 3. The van der Waals surface area contributed by atoms with E-state index in [-0.39, 0.29) is 12.7 Å². The summed E-state index contributed by atoms with van der Waals surface area (Å²) in [6.45, 7) is 6.53. The number of benzene rings is 2. The normalized spacial score (nSPS) is 12.4. The first-order valence-corrected chi connectivity index (χ1v) is 8.13. The highest BCUT2D eigenvalue weighted by Gasteiger charge is 2.19. The zero-order valence-corrected chi connectivity index (χ0v) is 14.5. The van der Waals surface area contributed by atoms with Crippen molar-refractivity contribution in [1.82, 2.24) is 9.97 Å². The molecular formula is C20H19N3O2. The second-order valence-corrected chi connectivity index (χ2v) is 6.33. The van der Waals surface area contributed by atoms with E-state index in [1.54, 1.807) is 6.20 Å². The van der Waals surface area contributed by atoms with E-state index in [0.717, 1.165) is 45.0 Å². The highest BCUT2D eigenvalue weighted by Crippen LogP contribution is 2.40. The fourth-order valence-corrected chi connectivity index (χ4v) is 3.41. The van der Waals surface area contributed by atoms with Gasteiger partial charge in [0, 0.05) is 17.3 Å². The Balaban J connectivity index is 1.94. The maximum absolute atomic E-state index is 5.90. The Bertz CT molecular complexity index is 960. The average molecular weight is 333 g/mol. The van der Waals surface area contributed by atoms with Crippen LogP contribution in [0.3, 0.4) is 0 Å². The fourth-order valence-electron chi connectivity index (χ4n) is 3.41. The molecule has 1 aliphatic heterocycles. The number of fused-ring (bicyclic) bond motifs is 1. The number of nitrogens with two attached hydrogens (primary N) is 1. The number of rotatable bonds is 2. The Morgan fingerprint density at radius 3 is 2.44 bits per heavy atom. The van der Waals surface area contributed by atoms with Gasteiger partial charge in [0.15, 0.2) is 11.5 Å². The molecule has 0 unspecified atom stereocenters. The van der Waals surface area contributed by atoms with Crippen molar-refractivity contribution in [2.45, 2.75) is 20.8 Å². The Labute approximate surface area is 146 Å². The maximum Gasteiger partial charge on any atom is 0.231 e. The summed E-state index contributed by atoms with van der Waals surface area (Å²) in [6, 6.07) is 10.2. The molecule has 0 saturated carbocycles. The van der Waals surface area contributed by atoms with Gasteiger partial charge in [-0.3, -0.25) is 0 Å². The van der Waals surface area contributed by atoms with Gasteiger partial charge in [0.25, 0.3) is 0 Å². The number of nitrogen functional groups attached to an aromatic ring is 1. The van der Waals surface area contributed by atoms with Crippen LogP contribution in [0.2, 0.25) is 0 Å². The first kappa shape index (κ1) is 15.4. The molecule has 0 radical (unpaired) electrons. The summed E-state index contributed by atoms with van der Waals surface area (Å²) in [4.78, 5) is 8.77. The minimum atomic E-state index is 0.250. The summed E-state index contributed by atoms with van der Waals surface area (Å²) in [6.07, 6.45) is 1.77. The van der Waals surface area contributed by atoms with E-state index in [1.807, 2.05) is 18.2 Å². The molecule has 5 nitrogen and oxygen atoms in total. The van der Waals surface area contributed by atoms with Gasteiger partial charge in [0.05, 0.1) is 5.69 Å². The van der Waals surface area contributed by atoms with E-state index in [0.29, 0.717) is 0 Å². The number of aromatic nitrogens is 2. The topological polar surface area (TPSA) is 70.3 Å². The largest absolute Gasteiger partial charge is 0.454 e. The van der Waals surface area contributed by atoms with Gasteiger partial charge in [-0.2, -0.15) is 0 Å². The molecule has 4 rings (SSSR count). The third-order valence-corrected chi connectivity index (χ3v) is 4.40. The molecule has 0 bridgehead atoms. The van der Waals surface area contributed by atoms with E-state index in [1.165, 1.54) is 5.56 Å². The van der Waals surface area contributed by atoms with Crippen LogP contribution in [0.4, 0.5) is 5.95 Å². The molecule has 0 saturated heterocycles. The van der Waals surface area contributed by atoms with Gasteiger partial charge in [-0.1, -0.05) is 23.8 Å². The number of ether oxygens (including phenoxy) is 2. The van der Waals surface area contributed by atoms with E-state index in [9.17, 15) is 0 Å². The molecule has 2 aromatic carbocycles. The van der Waals surface area contributed by atoms with Gasteiger partial charge in [-0.25, -0.2) is 9.97 Å². The molecule has 0 fully saturated rings. The average Bonchev–Trinajstić information content (AvgIpc) is 3.01. The first-order chi connectivity index (χ1) is 12.0. The lowest BCUT2D eigenvalue weighted by molar-refractivity contribution is 0.174. The number of hydrogen-bond acceptors (Lipinski definition) is 5. The van der Waals surface area contributed by atoms with E-state index in [2.05, 4.69) is 42.9 Å². The molecule has 1 aromatic heterocycles. The van der Waals surface area contributed by atoms with Crippen LogP contribution in [-0.2, 0) is 0 Å². The molecular weight excluding hydrogens is 314 g/mol. The lowest BCUT2D eigenvalue weighted by Gasteiger charge is -2.15. The third kappa shape index (κ3) is 2.67. The predicted octanol–water partition coefficient (Wildman–Crippen LogP) is 4.05. The van der Waals surface area contributed by atoms with Gasteiger partial charge in [0.1, 0.15) is 0 Å².